The second-order valence-corrected chi connectivity index (χ2v) is 6.64. The number of thioether (sulfide) groups is 1. The molecule has 0 aromatic carbocycles. The van der Waals surface area contributed by atoms with E-state index in [9.17, 15) is 0 Å². The van der Waals surface area contributed by atoms with Gasteiger partial charge in [0.2, 0.25) is 0 Å². The van der Waals surface area contributed by atoms with E-state index in [1.807, 2.05) is 13.0 Å². The summed E-state index contributed by atoms with van der Waals surface area (Å²) in [5.74, 6) is 3.35. The van der Waals surface area contributed by atoms with Crippen LogP contribution in [-0.4, -0.2) is 17.0 Å². The van der Waals surface area contributed by atoms with Gasteiger partial charge in [0.1, 0.15) is 11.5 Å². The Hall–Kier alpha value is -0.410. The lowest BCUT2D eigenvalue weighted by atomic mass is 10.1. The van der Waals surface area contributed by atoms with E-state index in [0.29, 0.717) is 10.8 Å². The Kier molecular flexibility index (Phi) is 3.65. The minimum Gasteiger partial charge on any atom is -0.465 e. The molecule has 0 spiro atoms. The highest BCUT2D eigenvalue weighted by molar-refractivity contribution is 8.00. The summed E-state index contributed by atoms with van der Waals surface area (Å²) in [5, 5.41) is 3.58. The fourth-order valence-electron chi connectivity index (χ4n) is 2.13. The third kappa shape index (κ3) is 2.83. The van der Waals surface area contributed by atoms with Gasteiger partial charge in [-0.1, -0.05) is 0 Å². The van der Waals surface area contributed by atoms with Gasteiger partial charge >= 0.3 is 0 Å². The summed E-state index contributed by atoms with van der Waals surface area (Å²) in [5.41, 5.74) is 0. The minimum atomic E-state index is 0.312. The van der Waals surface area contributed by atoms with E-state index >= 15 is 0 Å². The van der Waals surface area contributed by atoms with Gasteiger partial charge in [-0.2, -0.15) is 11.8 Å². The van der Waals surface area contributed by atoms with Crippen LogP contribution < -0.4 is 5.32 Å². The molecule has 0 saturated carbocycles. The van der Waals surface area contributed by atoms with Gasteiger partial charge in [0.05, 0.1) is 6.04 Å². The van der Waals surface area contributed by atoms with Crippen LogP contribution in [-0.2, 0) is 0 Å². The lowest BCUT2D eigenvalue weighted by Crippen LogP contribution is -2.34. The highest BCUT2D eigenvalue weighted by Crippen LogP contribution is 2.37. The predicted octanol–water partition coefficient (Wildman–Crippen LogP) is 3.52. The van der Waals surface area contributed by atoms with E-state index in [1.54, 1.807) is 0 Å². The molecule has 1 aliphatic rings. The van der Waals surface area contributed by atoms with Crippen molar-refractivity contribution < 1.29 is 4.42 Å². The number of rotatable bonds is 4. The topological polar surface area (TPSA) is 25.2 Å². The SMILES string of the molecule is Cc1ccc(C(C)NCC2(C)CCCS2)o1. The monoisotopic (exact) mass is 239 g/mol. The molecule has 0 aliphatic carbocycles. The maximum Gasteiger partial charge on any atom is 0.120 e. The third-order valence-corrected chi connectivity index (χ3v) is 4.81. The zero-order valence-corrected chi connectivity index (χ0v) is 11.2. The largest absolute Gasteiger partial charge is 0.465 e. The normalized spacial score (nSPS) is 27.2. The molecule has 1 aliphatic heterocycles. The predicted molar refractivity (Wildman–Crippen MR) is 70.0 cm³/mol. The van der Waals surface area contributed by atoms with Gasteiger partial charge in [-0.3, -0.25) is 0 Å². The second-order valence-electron chi connectivity index (χ2n) is 4.95. The Morgan fingerprint density at radius 2 is 2.38 bits per heavy atom. The van der Waals surface area contributed by atoms with Crippen LogP contribution in [0.2, 0.25) is 0 Å². The molecule has 2 rings (SSSR count). The van der Waals surface area contributed by atoms with Crippen molar-refractivity contribution in [2.45, 2.75) is 44.4 Å². The van der Waals surface area contributed by atoms with Crippen LogP contribution >= 0.6 is 11.8 Å². The highest BCUT2D eigenvalue weighted by Gasteiger charge is 2.29. The van der Waals surface area contributed by atoms with Crippen LogP contribution in [0.25, 0.3) is 0 Å². The molecule has 1 fully saturated rings. The van der Waals surface area contributed by atoms with Crippen LogP contribution in [0.15, 0.2) is 16.5 Å². The van der Waals surface area contributed by atoms with E-state index in [2.05, 4.69) is 37.0 Å². The van der Waals surface area contributed by atoms with Crippen LogP contribution in [0.4, 0.5) is 0 Å². The second kappa shape index (κ2) is 4.84. The number of hydrogen-bond acceptors (Lipinski definition) is 3. The fourth-order valence-corrected chi connectivity index (χ4v) is 3.39. The molecule has 1 aromatic heterocycles. The maximum atomic E-state index is 5.62. The summed E-state index contributed by atoms with van der Waals surface area (Å²) >= 11 is 2.09. The number of furan rings is 1. The zero-order chi connectivity index (χ0) is 11.6. The summed E-state index contributed by atoms with van der Waals surface area (Å²) < 4.78 is 6.05. The Morgan fingerprint density at radius 1 is 1.56 bits per heavy atom. The van der Waals surface area contributed by atoms with Gasteiger partial charge in [-0.25, -0.2) is 0 Å². The third-order valence-electron chi connectivity index (χ3n) is 3.27. The van der Waals surface area contributed by atoms with E-state index in [0.717, 1.165) is 18.1 Å². The van der Waals surface area contributed by atoms with Crippen molar-refractivity contribution in [1.29, 1.82) is 0 Å². The van der Waals surface area contributed by atoms with Crippen molar-refractivity contribution in [1.82, 2.24) is 5.32 Å². The maximum absolute atomic E-state index is 5.62. The molecule has 0 radical (unpaired) electrons. The average molecular weight is 239 g/mol. The standard InChI is InChI=1S/C13H21NOS/c1-10-5-6-12(15-10)11(2)14-9-13(3)7-4-8-16-13/h5-6,11,14H,4,7-9H2,1-3H3. The molecule has 16 heavy (non-hydrogen) atoms. The molecule has 3 heteroatoms. The Balaban J connectivity index is 1.86. The Morgan fingerprint density at radius 3 is 2.94 bits per heavy atom. The number of nitrogens with one attached hydrogen (secondary N) is 1. The summed E-state index contributed by atoms with van der Waals surface area (Å²) in [6.07, 6.45) is 2.69. The first-order chi connectivity index (χ1) is 7.59. The molecule has 2 atom stereocenters. The van der Waals surface area contributed by atoms with Crippen molar-refractivity contribution in [2.24, 2.45) is 0 Å². The van der Waals surface area contributed by atoms with Gasteiger partial charge in [0, 0.05) is 11.3 Å². The quantitative estimate of drug-likeness (QED) is 0.870. The molecule has 90 valence electrons. The first-order valence-corrected chi connectivity index (χ1v) is 7.01. The Labute approximate surface area is 102 Å². The van der Waals surface area contributed by atoms with Crippen molar-refractivity contribution in [3.05, 3.63) is 23.7 Å². The minimum absolute atomic E-state index is 0.312. The van der Waals surface area contributed by atoms with E-state index in [-0.39, 0.29) is 0 Å². The molecule has 1 saturated heterocycles. The molecular weight excluding hydrogens is 218 g/mol. The van der Waals surface area contributed by atoms with E-state index < -0.39 is 0 Å². The first-order valence-electron chi connectivity index (χ1n) is 6.03. The van der Waals surface area contributed by atoms with Gasteiger partial charge < -0.3 is 9.73 Å². The van der Waals surface area contributed by atoms with Crippen molar-refractivity contribution in [2.75, 3.05) is 12.3 Å². The summed E-state index contributed by atoms with van der Waals surface area (Å²) in [6, 6.07) is 4.41. The molecule has 1 aromatic rings. The molecular formula is C13H21NOS. The van der Waals surface area contributed by atoms with Crippen LogP contribution in [0.5, 0.6) is 0 Å². The van der Waals surface area contributed by atoms with Crippen molar-refractivity contribution in [3.8, 4) is 0 Å². The lowest BCUT2D eigenvalue weighted by molar-refractivity contribution is 0.401. The van der Waals surface area contributed by atoms with Crippen molar-refractivity contribution >= 4 is 11.8 Å². The highest BCUT2D eigenvalue weighted by atomic mass is 32.2. The number of aryl methyl sites for hydroxylation is 1. The van der Waals surface area contributed by atoms with Gasteiger partial charge in [0.25, 0.3) is 0 Å². The fraction of sp³-hybridized carbons (Fsp3) is 0.692. The van der Waals surface area contributed by atoms with Gasteiger partial charge in [-0.15, -0.1) is 0 Å². The lowest BCUT2D eigenvalue weighted by Gasteiger charge is -2.25. The average Bonchev–Trinajstić information content (AvgIpc) is 2.85. The van der Waals surface area contributed by atoms with Gasteiger partial charge in [-0.05, 0) is 51.5 Å². The van der Waals surface area contributed by atoms with Crippen LogP contribution in [0, 0.1) is 6.92 Å². The smallest absolute Gasteiger partial charge is 0.120 e. The molecule has 0 bridgehead atoms. The van der Waals surface area contributed by atoms with Gasteiger partial charge in [0.15, 0.2) is 0 Å². The summed E-state index contributed by atoms with van der Waals surface area (Å²) in [6.45, 7) is 7.59. The Bertz CT molecular complexity index is 341. The summed E-state index contributed by atoms with van der Waals surface area (Å²) in [4.78, 5) is 0. The first kappa shape index (κ1) is 12.1. The zero-order valence-electron chi connectivity index (χ0n) is 10.4. The van der Waals surface area contributed by atoms with Crippen LogP contribution in [0.1, 0.15) is 44.3 Å². The van der Waals surface area contributed by atoms with Crippen LogP contribution in [0.3, 0.4) is 0 Å². The van der Waals surface area contributed by atoms with Crippen molar-refractivity contribution in [3.63, 3.8) is 0 Å². The number of hydrogen-bond donors (Lipinski definition) is 1. The molecule has 1 N–H and O–H groups in total. The molecule has 0 amide bonds. The van der Waals surface area contributed by atoms with E-state index in [1.165, 1.54) is 18.6 Å². The van der Waals surface area contributed by atoms with E-state index in [4.69, 9.17) is 4.42 Å². The molecule has 2 unspecified atom stereocenters. The molecule has 2 nitrogen and oxygen atoms in total. The molecule has 2 heterocycles. The summed E-state index contributed by atoms with van der Waals surface area (Å²) in [7, 11) is 0.